The standard InChI is InChI=1S/C41H50N10O3/c1-26-20-31(4-5-32(26)22-43-25-52)39-35-21-36(47-40(35)45-24-44-39)46-28(3)38(27(2)42)30-12-15-49(16-13-30)23-29-10-17-50(18-11-29)33-6-8-34(9-7-33)51-19-14-37(53)48-41(51)54/h4-9,20-21,24-25,29-30,42,46H,10-19,22-23H2,1-3H3,(H,43,52)(H,44,45,47)(H,48,53,54)/b38-28+,42-27?. The Bertz CT molecular complexity index is 2060. The number of anilines is 3. The van der Waals surface area contributed by atoms with E-state index < -0.39 is 0 Å². The molecule has 3 saturated heterocycles. The molecule has 282 valence electrons. The van der Waals surface area contributed by atoms with Crippen molar-refractivity contribution in [3.8, 4) is 11.3 Å². The van der Waals surface area contributed by atoms with E-state index in [4.69, 9.17) is 5.41 Å². The summed E-state index contributed by atoms with van der Waals surface area (Å²) >= 11 is 0. The molecule has 0 bridgehead atoms. The minimum absolute atomic E-state index is 0.221. The first kappa shape index (κ1) is 36.8. The van der Waals surface area contributed by atoms with Gasteiger partial charge in [0.05, 0.1) is 5.69 Å². The maximum atomic E-state index is 12.2. The Morgan fingerprint density at radius 3 is 2.37 bits per heavy atom. The zero-order chi connectivity index (χ0) is 37.8. The van der Waals surface area contributed by atoms with E-state index in [1.165, 1.54) is 5.69 Å². The lowest BCUT2D eigenvalue weighted by Gasteiger charge is -2.39. The van der Waals surface area contributed by atoms with Crippen LogP contribution in [0.25, 0.3) is 22.3 Å². The number of urea groups is 1. The first-order chi connectivity index (χ1) is 26.2. The Morgan fingerprint density at radius 2 is 1.69 bits per heavy atom. The fourth-order valence-electron chi connectivity index (χ4n) is 8.39. The molecule has 2 aromatic carbocycles. The summed E-state index contributed by atoms with van der Waals surface area (Å²) in [6.07, 6.45) is 6.95. The van der Waals surface area contributed by atoms with Crippen molar-refractivity contribution in [2.24, 2.45) is 11.8 Å². The SMILES string of the molecule is CC(=N)/C(=C(/C)Nc1cc2c(-c3ccc(CNC=O)c(C)c3)ncnc2[nH]1)C1CCN(CC2CCN(c3ccc(N4CCC(=O)NC4=O)cc3)CC2)CC1. The van der Waals surface area contributed by atoms with Crippen molar-refractivity contribution < 1.29 is 14.4 Å². The fourth-order valence-corrected chi connectivity index (χ4v) is 8.39. The molecule has 13 heteroatoms. The molecule has 13 nitrogen and oxygen atoms in total. The molecule has 0 atom stereocenters. The molecule has 54 heavy (non-hydrogen) atoms. The number of hydrogen-bond acceptors (Lipinski definition) is 9. The number of carbonyl (C=O) groups excluding carboxylic acids is 3. The maximum Gasteiger partial charge on any atom is 0.328 e. The van der Waals surface area contributed by atoms with Crippen LogP contribution in [0.15, 0.2) is 66.1 Å². The number of fused-ring (bicyclic) bond motifs is 1. The van der Waals surface area contributed by atoms with Gasteiger partial charge in [-0.2, -0.15) is 0 Å². The van der Waals surface area contributed by atoms with E-state index in [9.17, 15) is 14.4 Å². The number of allylic oxidation sites excluding steroid dienone is 2. The van der Waals surface area contributed by atoms with Crippen molar-refractivity contribution in [3.63, 3.8) is 0 Å². The second-order valence-electron chi connectivity index (χ2n) is 14.9. The number of H-pyrrole nitrogens is 1. The van der Waals surface area contributed by atoms with Gasteiger partial charge in [0.15, 0.2) is 0 Å². The highest BCUT2D eigenvalue weighted by Crippen LogP contribution is 2.33. The van der Waals surface area contributed by atoms with E-state index >= 15 is 0 Å². The Hall–Kier alpha value is -5.56. The number of aromatic amines is 1. The van der Waals surface area contributed by atoms with E-state index in [2.05, 4.69) is 65.8 Å². The van der Waals surface area contributed by atoms with Gasteiger partial charge in [0.1, 0.15) is 17.8 Å². The third kappa shape index (κ3) is 8.15. The number of imide groups is 1. The first-order valence-corrected chi connectivity index (χ1v) is 19.0. The van der Waals surface area contributed by atoms with Crippen molar-refractivity contribution in [2.45, 2.75) is 59.4 Å². The molecule has 3 aliphatic heterocycles. The van der Waals surface area contributed by atoms with E-state index in [1.807, 2.05) is 44.2 Å². The van der Waals surface area contributed by atoms with Crippen LogP contribution in [-0.2, 0) is 16.1 Å². The topological polar surface area (TPSA) is 162 Å². The minimum Gasteiger partial charge on any atom is -0.372 e. The summed E-state index contributed by atoms with van der Waals surface area (Å²) in [6.45, 7) is 12.1. The van der Waals surface area contributed by atoms with Gasteiger partial charge in [-0.25, -0.2) is 14.8 Å². The van der Waals surface area contributed by atoms with Gasteiger partial charge in [-0.1, -0.05) is 12.1 Å². The molecular weight excluding hydrogens is 681 g/mol. The summed E-state index contributed by atoms with van der Waals surface area (Å²) in [6, 6.07) is 15.9. The zero-order valence-electron chi connectivity index (χ0n) is 31.4. The van der Waals surface area contributed by atoms with Crippen molar-refractivity contribution in [1.29, 1.82) is 5.41 Å². The van der Waals surface area contributed by atoms with Crippen LogP contribution in [-0.4, -0.2) is 83.2 Å². The maximum absolute atomic E-state index is 12.2. The number of nitrogens with zero attached hydrogens (tertiary/aromatic N) is 5. The van der Waals surface area contributed by atoms with Crippen molar-refractivity contribution in [1.82, 2.24) is 30.5 Å². The predicted molar refractivity (Wildman–Crippen MR) is 213 cm³/mol. The molecule has 7 rings (SSSR count). The summed E-state index contributed by atoms with van der Waals surface area (Å²) in [7, 11) is 0. The van der Waals surface area contributed by atoms with E-state index in [-0.39, 0.29) is 11.9 Å². The molecule has 3 aliphatic rings. The summed E-state index contributed by atoms with van der Waals surface area (Å²) in [5, 5.41) is 18.4. The summed E-state index contributed by atoms with van der Waals surface area (Å²) in [4.78, 5) is 53.7. The van der Waals surface area contributed by atoms with Gasteiger partial charge in [-0.15, -0.1) is 0 Å². The number of aryl methyl sites for hydroxylation is 1. The van der Waals surface area contributed by atoms with E-state index in [0.29, 0.717) is 43.5 Å². The Labute approximate surface area is 316 Å². The molecule has 4 amide bonds. The molecule has 5 heterocycles. The number of hydrogen-bond donors (Lipinski definition) is 5. The van der Waals surface area contributed by atoms with Crippen molar-refractivity contribution in [2.75, 3.05) is 54.4 Å². The van der Waals surface area contributed by atoms with Crippen LogP contribution in [0.1, 0.15) is 57.1 Å². The summed E-state index contributed by atoms with van der Waals surface area (Å²) < 4.78 is 0. The van der Waals surface area contributed by atoms with Crippen LogP contribution in [0.3, 0.4) is 0 Å². The number of nitrogens with one attached hydrogen (secondary N) is 5. The molecule has 5 N–H and O–H groups in total. The lowest BCUT2D eigenvalue weighted by atomic mass is 9.85. The summed E-state index contributed by atoms with van der Waals surface area (Å²) in [5.41, 5.74) is 9.36. The molecule has 4 aromatic rings. The average Bonchev–Trinajstić information content (AvgIpc) is 3.58. The molecule has 0 spiro atoms. The third-order valence-corrected chi connectivity index (χ3v) is 11.3. The van der Waals surface area contributed by atoms with Gasteiger partial charge < -0.3 is 30.8 Å². The Kier molecular flexibility index (Phi) is 11.0. The molecule has 0 radical (unpaired) electrons. The highest BCUT2D eigenvalue weighted by molar-refractivity contribution is 6.05. The van der Waals surface area contributed by atoms with Crippen LogP contribution >= 0.6 is 0 Å². The first-order valence-electron chi connectivity index (χ1n) is 19.0. The van der Waals surface area contributed by atoms with Crippen LogP contribution < -0.4 is 25.8 Å². The van der Waals surface area contributed by atoms with E-state index in [0.717, 1.165) is 115 Å². The molecule has 0 saturated carbocycles. The number of amides is 4. The molecular formula is C41H50N10O3. The van der Waals surface area contributed by atoms with Gasteiger partial charge in [0.2, 0.25) is 12.3 Å². The van der Waals surface area contributed by atoms with Crippen LogP contribution in [0, 0.1) is 24.2 Å². The Balaban J connectivity index is 0.928. The zero-order valence-corrected chi connectivity index (χ0v) is 31.4. The molecule has 2 aromatic heterocycles. The van der Waals surface area contributed by atoms with Crippen LogP contribution in [0.5, 0.6) is 0 Å². The van der Waals surface area contributed by atoms with E-state index in [1.54, 1.807) is 11.2 Å². The van der Waals surface area contributed by atoms with Gasteiger partial charge >= 0.3 is 6.03 Å². The highest BCUT2D eigenvalue weighted by atomic mass is 16.2. The van der Waals surface area contributed by atoms with Crippen LogP contribution in [0.2, 0.25) is 0 Å². The number of carbonyl (C=O) groups is 3. The van der Waals surface area contributed by atoms with Gasteiger partial charge in [0, 0.05) is 72.9 Å². The molecule has 0 aliphatic carbocycles. The third-order valence-electron chi connectivity index (χ3n) is 11.3. The monoisotopic (exact) mass is 730 g/mol. The van der Waals surface area contributed by atoms with Crippen LogP contribution in [0.4, 0.5) is 22.0 Å². The van der Waals surface area contributed by atoms with Crippen molar-refractivity contribution in [3.05, 3.63) is 77.3 Å². The number of piperidine rings is 2. The second kappa shape index (κ2) is 16.2. The quantitative estimate of drug-likeness (QED) is 0.0879. The normalized spacial score (nSPS) is 18.1. The minimum atomic E-state index is -0.354. The smallest absolute Gasteiger partial charge is 0.328 e. The number of likely N-dealkylation sites (tertiary alicyclic amines) is 1. The van der Waals surface area contributed by atoms with Gasteiger partial charge in [-0.05, 0) is 124 Å². The summed E-state index contributed by atoms with van der Waals surface area (Å²) in [5.74, 6) is 1.58. The average molecular weight is 731 g/mol. The van der Waals surface area contributed by atoms with Gasteiger partial charge in [-0.3, -0.25) is 19.8 Å². The fraction of sp³-hybridized carbons (Fsp3) is 0.415. The van der Waals surface area contributed by atoms with Crippen molar-refractivity contribution >= 4 is 52.3 Å². The second-order valence-corrected chi connectivity index (χ2v) is 14.9. The lowest BCUT2D eigenvalue weighted by Crippen LogP contribution is -2.49. The Morgan fingerprint density at radius 1 is 0.944 bits per heavy atom. The number of benzene rings is 2. The highest BCUT2D eigenvalue weighted by Gasteiger charge is 2.29. The lowest BCUT2D eigenvalue weighted by molar-refractivity contribution is -0.120. The number of rotatable bonds is 12. The largest absolute Gasteiger partial charge is 0.372 e. The predicted octanol–water partition coefficient (Wildman–Crippen LogP) is 5.98. The molecule has 3 fully saturated rings. The number of aromatic nitrogens is 3. The molecule has 0 unspecified atom stereocenters. The van der Waals surface area contributed by atoms with Gasteiger partial charge in [0.25, 0.3) is 0 Å².